The van der Waals surface area contributed by atoms with E-state index in [0.29, 0.717) is 11.3 Å². The fourth-order valence-corrected chi connectivity index (χ4v) is 1.42. The molecule has 2 rings (SSSR count). The Bertz CT molecular complexity index is 379. The van der Waals surface area contributed by atoms with Gasteiger partial charge in [0, 0.05) is 0 Å². The molecule has 0 saturated heterocycles. The second kappa shape index (κ2) is 3.25. The number of ether oxygens (including phenoxy) is 1. The quantitative estimate of drug-likeness (QED) is 0.788. The summed E-state index contributed by atoms with van der Waals surface area (Å²) in [5.41, 5.74) is 1.05. The molecule has 0 fully saturated rings. The highest BCUT2D eigenvalue weighted by molar-refractivity contribution is 6.00. The summed E-state index contributed by atoms with van der Waals surface area (Å²) in [6, 6.07) is 4.68. The maximum Gasteiger partial charge on any atom is 0.387 e. The summed E-state index contributed by atoms with van der Waals surface area (Å²) in [6.45, 7) is -2.88. The monoisotopic (exact) mass is 199 g/mol. The summed E-state index contributed by atoms with van der Waals surface area (Å²) < 4.78 is 28.2. The molecular formula is C9H7F2NO2. The summed E-state index contributed by atoms with van der Waals surface area (Å²) in [5.74, 6) is -0.186. The zero-order valence-corrected chi connectivity index (χ0v) is 7.09. The molecule has 1 aliphatic rings. The van der Waals surface area contributed by atoms with Crippen molar-refractivity contribution in [1.82, 2.24) is 0 Å². The van der Waals surface area contributed by atoms with Gasteiger partial charge in [0.05, 0.1) is 12.1 Å². The third-order valence-corrected chi connectivity index (χ3v) is 1.94. The van der Waals surface area contributed by atoms with E-state index in [2.05, 4.69) is 10.1 Å². The first kappa shape index (κ1) is 8.93. The molecule has 14 heavy (non-hydrogen) atoms. The van der Waals surface area contributed by atoms with Crippen LogP contribution in [0.15, 0.2) is 18.2 Å². The van der Waals surface area contributed by atoms with E-state index in [-0.39, 0.29) is 18.1 Å². The lowest BCUT2D eigenvalue weighted by Crippen LogP contribution is -2.07. The van der Waals surface area contributed by atoms with Gasteiger partial charge in [0.25, 0.3) is 0 Å². The van der Waals surface area contributed by atoms with Crippen LogP contribution in [0.1, 0.15) is 5.56 Å². The number of hydrogen-bond donors (Lipinski definition) is 1. The Hall–Kier alpha value is -1.65. The Morgan fingerprint density at radius 2 is 2.21 bits per heavy atom. The van der Waals surface area contributed by atoms with Gasteiger partial charge >= 0.3 is 6.61 Å². The van der Waals surface area contributed by atoms with Crippen molar-refractivity contribution >= 4 is 11.6 Å². The van der Waals surface area contributed by atoms with Crippen molar-refractivity contribution in [2.45, 2.75) is 13.0 Å². The van der Waals surface area contributed by atoms with Crippen molar-refractivity contribution in [1.29, 1.82) is 0 Å². The molecule has 0 atom stereocenters. The van der Waals surface area contributed by atoms with Crippen LogP contribution in [-0.4, -0.2) is 12.5 Å². The Morgan fingerprint density at radius 1 is 1.43 bits per heavy atom. The fourth-order valence-electron chi connectivity index (χ4n) is 1.42. The first-order chi connectivity index (χ1) is 6.66. The fraction of sp³-hybridized carbons (Fsp3) is 0.222. The summed E-state index contributed by atoms with van der Waals surface area (Å²) in [6.07, 6.45) is 0.218. The number of para-hydroxylation sites is 1. The predicted octanol–water partition coefficient (Wildman–Crippen LogP) is 1.78. The van der Waals surface area contributed by atoms with Crippen LogP contribution < -0.4 is 10.1 Å². The summed E-state index contributed by atoms with van der Waals surface area (Å²) in [5, 5.41) is 2.47. The van der Waals surface area contributed by atoms with Crippen LogP contribution in [0.4, 0.5) is 14.5 Å². The van der Waals surface area contributed by atoms with E-state index in [0.717, 1.165) is 0 Å². The third-order valence-electron chi connectivity index (χ3n) is 1.94. The lowest BCUT2D eigenvalue weighted by Gasteiger charge is -2.08. The Morgan fingerprint density at radius 3 is 2.93 bits per heavy atom. The molecule has 0 unspecified atom stereocenters. The van der Waals surface area contributed by atoms with Gasteiger partial charge < -0.3 is 10.1 Å². The molecular weight excluding hydrogens is 192 g/mol. The molecule has 74 valence electrons. The zero-order valence-electron chi connectivity index (χ0n) is 7.09. The lowest BCUT2D eigenvalue weighted by molar-refractivity contribution is -0.115. The van der Waals surface area contributed by atoms with Crippen molar-refractivity contribution in [2.75, 3.05) is 5.32 Å². The predicted molar refractivity (Wildman–Crippen MR) is 45.4 cm³/mol. The molecule has 1 amide bonds. The highest BCUT2D eigenvalue weighted by atomic mass is 19.3. The molecule has 1 aliphatic heterocycles. The minimum absolute atomic E-state index is 0.0170. The van der Waals surface area contributed by atoms with E-state index in [4.69, 9.17) is 0 Å². The first-order valence-corrected chi connectivity index (χ1v) is 4.03. The van der Waals surface area contributed by atoms with Crippen molar-refractivity contribution in [3.8, 4) is 5.75 Å². The number of benzene rings is 1. The molecule has 3 nitrogen and oxygen atoms in total. The van der Waals surface area contributed by atoms with Crippen LogP contribution in [0.5, 0.6) is 5.75 Å². The normalized spacial score (nSPS) is 14.1. The van der Waals surface area contributed by atoms with E-state index in [9.17, 15) is 13.6 Å². The molecule has 0 aromatic heterocycles. The number of anilines is 1. The highest BCUT2D eigenvalue weighted by Crippen LogP contribution is 2.33. The first-order valence-electron chi connectivity index (χ1n) is 4.03. The second-order valence-corrected chi connectivity index (χ2v) is 2.89. The summed E-state index contributed by atoms with van der Waals surface area (Å²) in [7, 11) is 0. The highest BCUT2D eigenvalue weighted by Gasteiger charge is 2.22. The summed E-state index contributed by atoms with van der Waals surface area (Å²) >= 11 is 0. The minimum Gasteiger partial charge on any atom is -0.433 e. The van der Waals surface area contributed by atoms with Crippen LogP contribution >= 0.6 is 0 Å². The number of rotatable bonds is 2. The van der Waals surface area contributed by atoms with E-state index in [1.54, 1.807) is 12.1 Å². The van der Waals surface area contributed by atoms with Crippen molar-refractivity contribution in [2.24, 2.45) is 0 Å². The van der Waals surface area contributed by atoms with Crippen LogP contribution in [0.25, 0.3) is 0 Å². The smallest absolute Gasteiger partial charge is 0.387 e. The topological polar surface area (TPSA) is 38.3 Å². The molecule has 0 bridgehead atoms. The summed E-state index contributed by atoms with van der Waals surface area (Å²) in [4.78, 5) is 11.0. The third kappa shape index (κ3) is 1.53. The van der Waals surface area contributed by atoms with Gasteiger partial charge in [-0.1, -0.05) is 12.1 Å². The average molecular weight is 199 g/mol. The number of nitrogens with one attached hydrogen (secondary N) is 1. The second-order valence-electron chi connectivity index (χ2n) is 2.89. The molecule has 0 spiro atoms. The molecule has 0 saturated carbocycles. The number of amides is 1. The largest absolute Gasteiger partial charge is 0.433 e. The number of carbonyl (C=O) groups is 1. The van der Waals surface area contributed by atoms with E-state index >= 15 is 0 Å². The number of carbonyl (C=O) groups excluding carboxylic acids is 1. The SMILES string of the molecule is O=C1Cc2cccc(OC(F)F)c2N1. The lowest BCUT2D eigenvalue weighted by atomic mass is 10.1. The van der Waals surface area contributed by atoms with Crippen LogP contribution in [0.3, 0.4) is 0 Å². The van der Waals surface area contributed by atoms with Crippen molar-refractivity contribution in [3.05, 3.63) is 23.8 Å². The molecule has 0 aliphatic carbocycles. The van der Waals surface area contributed by atoms with Crippen molar-refractivity contribution < 1.29 is 18.3 Å². The molecule has 0 radical (unpaired) electrons. The van der Waals surface area contributed by atoms with Gasteiger partial charge in [0.1, 0.15) is 5.75 Å². The number of hydrogen-bond acceptors (Lipinski definition) is 2. The Labute approximate surface area is 78.7 Å². The molecule has 5 heteroatoms. The zero-order chi connectivity index (χ0) is 10.1. The van der Waals surface area contributed by atoms with E-state index < -0.39 is 6.61 Å². The Balaban J connectivity index is 2.34. The number of halogens is 2. The van der Waals surface area contributed by atoms with E-state index in [1.165, 1.54) is 6.07 Å². The molecule has 1 heterocycles. The number of fused-ring (bicyclic) bond motifs is 1. The van der Waals surface area contributed by atoms with Gasteiger partial charge in [-0.3, -0.25) is 4.79 Å². The molecule has 1 aromatic carbocycles. The molecule has 1 N–H and O–H groups in total. The average Bonchev–Trinajstić information content (AvgIpc) is 2.45. The molecule has 1 aromatic rings. The van der Waals surface area contributed by atoms with Gasteiger partial charge in [-0.2, -0.15) is 8.78 Å². The maximum absolute atomic E-state index is 12.0. The number of alkyl halides is 2. The van der Waals surface area contributed by atoms with Gasteiger partial charge in [-0.25, -0.2) is 0 Å². The maximum atomic E-state index is 12.0. The van der Waals surface area contributed by atoms with Crippen LogP contribution in [-0.2, 0) is 11.2 Å². The Kier molecular flexibility index (Phi) is 2.07. The standard InChI is InChI=1S/C9H7F2NO2/c10-9(11)14-6-3-1-2-5-4-7(13)12-8(5)6/h1-3,9H,4H2,(H,12,13). The van der Waals surface area contributed by atoms with Gasteiger partial charge in [-0.05, 0) is 11.6 Å². The van der Waals surface area contributed by atoms with Gasteiger partial charge in [-0.15, -0.1) is 0 Å². The van der Waals surface area contributed by atoms with Crippen LogP contribution in [0.2, 0.25) is 0 Å². The van der Waals surface area contributed by atoms with Crippen LogP contribution in [0, 0.1) is 0 Å². The minimum atomic E-state index is -2.88. The van der Waals surface area contributed by atoms with E-state index in [1.807, 2.05) is 0 Å². The van der Waals surface area contributed by atoms with Gasteiger partial charge in [0.15, 0.2) is 0 Å². The van der Waals surface area contributed by atoms with Crippen molar-refractivity contribution in [3.63, 3.8) is 0 Å². The van der Waals surface area contributed by atoms with Gasteiger partial charge in [0.2, 0.25) is 5.91 Å².